The van der Waals surface area contributed by atoms with Crippen LogP contribution < -0.4 is 0 Å². The zero-order chi connectivity index (χ0) is 8.39. The lowest BCUT2D eigenvalue weighted by Crippen LogP contribution is -1.79. The Kier molecular flexibility index (Phi) is 4.93. The fourth-order valence-electron chi connectivity index (χ4n) is 1.46. The number of rotatable bonds is 1. The van der Waals surface area contributed by atoms with Crippen LogP contribution in [-0.4, -0.2) is 0 Å². The molecule has 0 aliphatic rings. The van der Waals surface area contributed by atoms with Gasteiger partial charge in [-0.1, -0.05) is 64.2 Å². The molecule has 76 valence electrons. The molecule has 14 heavy (non-hydrogen) atoms. The first kappa shape index (κ1) is 12.7. The molecule has 0 nitrogen and oxygen atoms in total. The maximum Gasteiger partial charge on any atom is -0.0181 e. The van der Waals surface area contributed by atoms with Gasteiger partial charge >= 0.3 is 0 Å². The van der Waals surface area contributed by atoms with Crippen LogP contribution >= 0.6 is 0 Å². The van der Waals surface area contributed by atoms with Crippen molar-refractivity contribution in [1.29, 1.82) is 0 Å². The van der Waals surface area contributed by atoms with E-state index in [1.54, 1.807) is 0 Å². The smallest absolute Gasteiger partial charge is 0.0181 e. The summed E-state index contributed by atoms with van der Waals surface area (Å²) >= 11 is 0. The van der Waals surface area contributed by atoms with Gasteiger partial charge in [0.05, 0.1) is 0 Å². The lowest BCUT2D eigenvalue weighted by Gasteiger charge is -1.99. The maximum atomic E-state index is 2.26. The third kappa shape index (κ3) is 2.35. The third-order valence-corrected chi connectivity index (χ3v) is 2.22. The Morgan fingerprint density at radius 3 is 2.14 bits per heavy atom. The largest absolute Gasteiger partial charge is 0.0776 e. The van der Waals surface area contributed by atoms with Crippen LogP contribution in [0.2, 0.25) is 0 Å². The summed E-state index contributed by atoms with van der Waals surface area (Å²) in [5.41, 5.74) is 1.41. The number of fused-ring (bicyclic) bond motifs is 1. The molecular formula is C14H20. The van der Waals surface area contributed by atoms with E-state index in [-0.39, 0.29) is 14.9 Å². The van der Waals surface area contributed by atoms with Crippen molar-refractivity contribution < 1.29 is 0 Å². The van der Waals surface area contributed by atoms with Gasteiger partial charge in [0.1, 0.15) is 0 Å². The van der Waals surface area contributed by atoms with E-state index in [0.717, 1.165) is 6.42 Å². The summed E-state index contributed by atoms with van der Waals surface area (Å²) in [4.78, 5) is 0. The highest BCUT2D eigenvalue weighted by molar-refractivity contribution is 5.82. The summed E-state index contributed by atoms with van der Waals surface area (Å²) < 4.78 is 0. The van der Waals surface area contributed by atoms with Gasteiger partial charge in [-0.05, 0) is 22.8 Å². The molecule has 2 aromatic rings. The quantitative estimate of drug-likeness (QED) is 0.610. The predicted octanol–water partition coefficient (Wildman–Crippen LogP) is 4.67. The summed E-state index contributed by atoms with van der Waals surface area (Å²) in [6.45, 7) is 2.18. The van der Waals surface area contributed by atoms with Gasteiger partial charge in [0, 0.05) is 0 Å². The summed E-state index contributed by atoms with van der Waals surface area (Å²) in [6.07, 6.45) is 1.12. The fourth-order valence-corrected chi connectivity index (χ4v) is 1.46. The SMILES string of the molecule is C.C.CCc1ccc2ccccc2c1. The van der Waals surface area contributed by atoms with Gasteiger partial charge in [-0.25, -0.2) is 0 Å². The summed E-state index contributed by atoms with van der Waals surface area (Å²) in [5.74, 6) is 0. The molecule has 0 saturated heterocycles. The zero-order valence-electron chi connectivity index (χ0n) is 7.25. The molecule has 0 bridgehead atoms. The van der Waals surface area contributed by atoms with Gasteiger partial charge in [0.2, 0.25) is 0 Å². The minimum atomic E-state index is 0. The average molecular weight is 188 g/mol. The first-order valence-corrected chi connectivity index (χ1v) is 4.38. The van der Waals surface area contributed by atoms with Crippen LogP contribution in [0.5, 0.6) is 0 Å². The van der Waals surface area contributed by atoms with Crippen molar-refractivity contribution in [3.8, 4) is 0 Å². The predicted molar refractivity (Wildman–Crippen MR) is 66.8 cm³/mol. The molecule has 2 aromatic carbocycles. The Labute approximate surface area is 87.6 Å². The van der Waals surface area contributed by atoms with Crippen molar-refractivity contribution in [3.05, 3.63) is 48.0 Å². The number of benzene rings is 2. The van der Waals surface area contributed by atoms with Crippen molar-refractivity contribution in [2.75, 3.05) is 0 Å². The Bertz CT molecular complexity index is 388. The number of aryl methyl sites for hydroxylation is 1. The molecule has 0 heterocycles. The molecule has 0 atom stereocenters. The Morgan fingerprint density at radius 2 is 1.50 bits per heavy atom. The first-order chi connectivity index (χ1) is 5.90. The highest BCUT2D eigenvalue weighted by Crippen LogP contribution is 2.15. The molecule has 0 aliphatic carbocycles. The van der Waals surface area contributed by atoms with Crippen LogP contribution in [0.1, 0.15) is 27.3 Å². The lowest BCUT2D eigenvalue weighted by molar-refractivity contribution is 1.15. The molecule has 0 spiro atoms. The molecule has 0 aromatic heterocycles. The normalized spacial score (nSPS) is 8.93. The molecule has 0 heteroatoms. The fraction of sp³-hybridized carbons (Fsp3) is 0.286. The van der Waals surface area contributed by atoms with Crippen LogP contribution in [0, 0.1) is 0 Å². The van der Waals surface area contributed by atoms with Gasteiger partial charge in [0.25, 0.3) is 0 Å². The Hall–Kier alpha value is -1.30. The second-order valence-electron chi connectivity index (χ2n) is 3.04. The molecule has 0 aliphatic heterocycles. The monoisotopic (exact) mass is 188 g/mol. The topological polar surface area (TPSA) is 0 Å². The Balaban J connectivity index is 0.000000845. The first-order valence-electron chi connectivity index (χ1n) is 4.38. The average Bonchev–Trinajstić information content (AvgIpc) is 2.17. The molecule has 0 N–H and O–H groups in total. The molecule has 2 rings (SSSR count). The molecule has 0 amide bonds. The van der Waals surface area contributed by atoms with Crippen LogP contribution in [0.25, 0.3) is 10.8 Å². The van der Waals surface area contributed by atoms with Crippen molar-refractivity contribution in [2.45, 2.75) is 28.2 Å². The third-order valence-electron chi connectivity index (χ3n) is 2.22. The summed E-state index contributed by atoms with van der Waals surface area (Å²) in [7, 11) is 0. The van der Waals surface area contributed by atoms with Gasteiger partial charge in [-0.15, -0.1) is 0 Å². The van der Waals surface area contributed by atoms with E-state index in [1.807, 2.05) is 0 Å². The van der Waals surface area contributed by atoms with Crippen molar-refractivity contribution in [2.24, 2.45) is 0 Å². The second-order valence-corrected chi connectivity index (χ2v) is 3.04. The Morgan fingerprint density at radius 1 is 0.857 bits per heavy atom. The molecule has 0 radical (unpaired) electrons. The van der Waals surface area contributed by atoms with Crippen LogP contribution in [0.3, 0.4) is 0 Å². The van der Waals surface area contributed by atoms with Crippen molar-refractivity contribution >= 4 is 10.8 Å². The minimum Gasteiger partial charge on any atom is -0.0776 e. The maximum absolute atomic E-state index is 2.26. The second kappa shape index (κ2) is 5.43. The highest BCUT2D eigenvalue weighted by atomic mass is 14.0. The van der Waals surface area contributed by atoms with Crippen LogP contribution in [0.15, 0.2) is 42.5 Å². The summed E-state index contributed by atoms with van der Waals surface area (Å²) in [5, 5.41) is 2.67. The highest BCUT2D eigenvalue weighted by Gasteiger charge is 1.92. The van der Waals surface area contributed by atoms with Crippen LogP contribution in [0.4, 0.5) is 0 Å². The molecule has 0 fully saturated rings. The zero-order valence-corrected chi connectivity index (χ0v) is 7.25. The van der Waals surface area contributed by atoms with E-state index in [9.17, 15) is 0 Å². The van der Waals surface area contributed by atoms with E-state index < -0.39 is 0 Å². The van der Waals surface area contributed by atoms with Gasteiger partial charge in [-0.3, -0.25) is 0 Å². The minimum absolute atomic E-state index is 0. The van der Waals surface area contributed by atoms with E-state index in [1.165, 1.54) is 16.3 Å². The number of hydrogen-bond donors (Lipinski definition) is 0. The van der Waals surface area contributed by atoms with Crippen molar-refractivity contribution in [3.63, 3.8) is 0 Å². The molecular weight excluding hydrogens is 168 g/mol. The molecule has 0 saturated carbocycles. The van der Waals surface area contributed by atoms with E-state index in [0.29, 0.717) is 0 Å². The van der Waals surface area contributed by atoms with Gasteiger partial charge in [0.15, 0.2) is 0 Å². The van der Waals surface area contributed by atoms with Gasteiger partial charge < -0.3 is 0 Å². The number of hydrogen-bond acceptors (Lipinski definition) is 0. The molecule has 0 unspecified atom stereocenters. The van der Waals surface area contributed by atoms with E-state index >= 15 is 0 Å². The van der Waals surface area contributed by atoms with E-state index in [2.05, 4.69) is 49.4 Å². The summed E-state index contributed by atoms with van der Waals surface area (Å²) in [6, 6.07) is 15.1. The lowest BCUT2D eigenvalue weighted by atomic mass is 10.1. The van der Waals surface area contributed by atoms with E-state index in [4.69, 9.17) is 0 Å². The van der Waals surface area contributed by atoms with Gasteiger partial charge in [-0.2, -0.15) is 0 Å². The van der Waals surface area contributed by atoms with Crippen LogP contribution in [-0.2, 0) is 6.42 Å². The standard InChI is InChI=1S/C12H12.2CH4/c1-2-10-7-8-11-5-3-4-6-12(11)9-10;;/h3-9H,2H2,1H3;2*1H4. The van der Waals surface area contributed by atoms with Crippen molar-refractivity contribution in [1.82, 2.24) is 0 Å².